The number of benzene rings is 2. The van der Waals surface area contributed by atoms with Crippen molar-refractivity contribution in [3.63, 3.8) is 0 Å². The van der Waals surface area contributed by atoms with E-state index in [-0.39, 0.29) is 41.4 Å². The van der Waals surface area contributed by atoms with Crippen molar-refractivity contribution in [2.75, 3.05) is 41.3 Å². The minimum atomic E-state index is -0.377. The highest BCUT2D eigenvalue weighted by molar-refractivity contribution is 14.0. The molecule has 0 aliphatic carbocycles. The van der Waals surface area contributed by atoms with E-state index in [0.717, 1.165) is 5.56 Å². The van der Waals surface area contributed by atoms with Crippen LogP contribution in [0.5, 0.6) is 5.75 Å². The van der Waals surface area contributed by atoms with Crippen LogP contribution in [0.4, 0.5) is 8.78 Å². The molecular weight excluding hydrogens is 489 g/mol. The molecule has 2 aromatic carbocycles. The average Bonchev–Trinajstić information content (AvgIpc) is 2.66. The molecule has 8 heteroatoms. The normalized spacial score (nSPS) is 11.2. The largest absolute Gasteiger partial charge is 0.489 e. The van der Waals surface area contributed by atoms with E-state index < -0.39 is 0 Å². The van der Waals surface area contributed by atoms with E-state index in [9.17, 15) is 8.78 Å². The quantitative estimate of drug-likeness (QED) is 0.329. The summed E-state index contributed by atoms with van der Waals surface area (Å²) < 4.78 is 33.0. The van der Waals surface area contributed by atoms with E-state index in [0.29, 0.717) is 37.8 Å². The van der Waals surface area contributed by atoms with Crippen molar-refractivity contribution in [3.8, 4) is 5.75 Å². The summed E-state index contributed by atoms with van der Waals surface area (Å²) in [6.45, 7) is 1.92. The number of hydrogen-bond acceptors (Lipinski definition) is 3. The number of aliphatic imine (C=N–C) groups is 1. The van der Waals surface area contributed by atoms with Gasteiger partial charge in [-0.3, -0.25) is 4.99 Å². The number of nitrogens with one attached hydrogen (secondary N) is 1. The molecule has 160 valence electrons. The van der Waals surface area contributed by atoms with Gasteiger partial charge in [0.1, 0.15) is 12.4 Å². The van der Waals surface area contributed by atoms with E-state index in [4.69, 9.17) is 4.74 Å². The molecular formula is C21H29F2IN4O. The molecule has 0 saturated heterocycles. The summed E-state index contributed by atoms with van der Waals surface area (Å²) in [6, 6.07) is 11.4. The maximum atomic E-state index is 13.9. The van der Waals surface area contributed by atoms with Crippen molar-refractivity contribution in [2.24, 2.45) is 4.99 Å². The van der Waals surface area contributed by atoms with Crippen LogP contribution < -0.4 is 10.1 Å². The minimum absolute atomic E-state index is 0. The van der Waals surface area contributed by atoms with Gasteiger partial charge in [-0.25, -0.2) is 8.78 Å². The van der Waals surface area contributed by atoms with E-state index in [1.807, 2.05) is 37.0 Å². The fourth-order valence-corrected chi connectivity index (χ4v) is 2.73. The predicted octanol–water partition coefficient (Wildman–Crippen LogP) is 3.73. The molecule has 2 rings (SSSR count). The molecule has 1 N–H and O–H groups in total. The van der Waals surface area contributed by atoms with Gasteiger partial charge in [0.05, 0.1) is 6.54 Å². The summed E-state index contributed by atoms with van der Waals surface area (Å²) in [5.41, 5.74) is 1.63. The molecule has 0 unspecified atom stereocenters. The van der Waals surface area contributed by atoms with Gasteiger partial charge >= 0.3 is 0 Å². The molecule has 2 aromatic rings. The smallest absolute Gasteiger partial charge is 0.193 e. The lowest BCUT2D eigenvalue weighted by Crippen LogP contribution is -2.40. The van der Waals surface area contributed by atoms with Crippen LogP contribution >= 0.6 is 24.0 Å². The third-order valence-electron chi connectivity index (χ3n) is 4.14. The van der Waals surface area contributed by atoms with E-state index in [1.54, 1.807) is 31.3 Å². The highest BCUT2D eigenvalue weighted by atomic mass is 127. The fraction of sp³-hybridized carbons (Fsp3) is 0.381. The first-order chi connectivity index (χ1) is 13.4. The fourth-order valence-electron chi connectivity index (χ4n) is 2.73. The average molecular weight is 518 g/mol. The molecule has 0 atom stereocenters. The second-order valence-electron chi connectivity index (χ2n) is 6.76. The topological polar surface area (TPSA) is 40.1 Å². The van der Waals surface area contributed by atoms with Gasteiger partial charge in [0.25, 0.3) is 0 Å². The number of ether oxygens (including phenoxy) is 1. The Balaban J connectivity index is 0.00000420. The third kappa shape index (κ3) is 8.14. The number of guanidine groups is 1. The van der Waals surface area contributed by atoms with Crippen molar-refractivity contribution in [1.29, 1.82) is 0 Å². The summed E-state index contributed by atoms with van der Waals surface area (Å²) in [7, 11) is 7.38. The van der Waals surface area contributed by atoms with Crippen LogP contribution in [0.25, 0.3) is 0 Å². The van der Waals surface area contributed by atoms with Gasteiger partial charge < -0.3 is 19.9 Å². The second kappa shape index (κ2) is 12.6. The molecule has 0 amide bonds. The molecule has 0 fully saturated rings. The predicted molar refractivity (Wildman–Crippen MR) is 124 cm³/mol. The molecule has 0 heterocycles. The van der Waals surface area contributed by atoms with E-state index in [1.165, 1.54) is 12.1 Å². The van der Waals surface area contributed by atoms with Gasteiger partial charge in [0.15, 0.2) is 17.5 Å². The van der Waals surface area contributed by atoms with Crippen LogP contribution in [0.3, 0.4) is 0 Å². The van der Waals surface area contributed by atoms with Gasteiger partial charge in [-0.15, -0.1) is 24.0 Å². The number of hydrogen-bond donors (Lipinski definition) is 1. The first-order valence-corrected chi connectivity index (χ1v) is 9.12. The molecule has 0 aliphatic heterocycles. The van der Waals surface area contributed by atoms with Crippen LogP contribution in [0.1, 0.15) is 11.1 Å². The summed E-state index contributed by atoms with van der Waals surface area (Å²) in [5.74, 6) is 0.330. The number of likely N-dealkylation sites (N-methyl/N-ethyl adjacent to an activating group) is 1. The molecule has 0 saturated carbocycles. The first-order valence-electron chi connectivity index (χ1n) is 9.12. The summed E-state index contributed by atoms with van der Waals surface area (Å²) in [4.78, 5) is 8.08. The highest BCUT2D eigenvalue weighted by Gasteiger charge is 2.09. The van der Waals surface area contributed by atoms with Crippen LogP contribution in [0, 0.1) is 11.6 Å². The van der Waals surface area contributed by atoms with E-state index >= 15 is 0 Å². The van der Waals surface area contributed by atoms with Gasteiger partial charge in [-0.05, 0) is 43.9 Å². The zero-order valence-corrected chi connectivity index (χ0v) is 19.6. The Bertz CT molecular complexity index is 802. The Kier molecular flexibility index (Phi) is 10.9. The van der Waals surface area contributed by atoms with Crippen molar-refractivity contribution < 1.29 is 13.5 Å². The first kappa shape index (κ1) is 25.1. The number of rotatable bonds is 8. The Morgan fingerprint density at radius 3 is 2.45 bits per heavy atom. The molecule has 0 spiro atoms. The van der Waals surface area contributed by atoms with E-state index in [2.05, 4.69) is 10.3 Å². The maximum absolute atomic E-state index is 13.9. The van der Waals surface area contributed by atoms with Crippen LogP contribution in [0.15, 0.2) is 47.5 Å². The monoisotopic (exact) mass is 518 g/mol. The van der Waals surface area contributed by atoms with Crippen LogP contribution in [0.2, 0.25) is 0 Å². The molecule has 29 heavy (non-hydrogen) atoms. The lowest BCUT2D eigenvalue weighted by Gasteiger charge is -2.22. The van der Waals surface area contributed by atoms with Gasteiger partial charge in [0.2, 0.25) is 0 Å². The van der Waals surface area contributed by atoms with Crippen molar-refractivity contribution >= 4 is 29.9 Å². The maximum Gasteiger partial charge on any atom is 0.193 e. The van der Waals surface area contributed by atoms with Crippen LogP contribution in [-0.4, -0.2) is 57.1 Å². The van der Waals surface area contributed by atoms with Crippen LogP contribution in [-0.2, 0) is 13.1 Å². The summed E-state index contributed by atoms with van der Waals surface area (Å²) in [6.07, 6.45) is 0. The lowest BCUT2D eigenvalue weighted by atomic mass is 10.1. The lowest BCUT2D eigenvalue weighted by molar-refractivity contribution is 0.270. The van der Waals surface area contributed by atoms with Crippen molar-refractivity contribution in [3.05, 3.63) is 65.2 Å². The Hall–Kier alpha value is -1.94. The standard InChI is InChI=1S/C21H28F2N4O.HI/c1-24-21(27(4)11-12-28-20-8-6-5-7-19(20)23)25-14-16-9-10-18(22)17(13-16)15-26(2)3;/h5-10,13H,11-12,14-15H2,1-4H3,(H,24,25);1H. The van der Waals surface area contributed by atoms with Gasteiger partial charge in [-0.2, -0.15) is 0 Å². The van der Waals surface area contributed by atoms with Gasteiger partial charge in [0, 0.05) is 32.7 Å². The molecule has 0 radical (unpaired) electrons. The Morgan fingerprint density at radius 1 is 1.07 bits per heavy atom. The Labute approximate surface area is 188 Å². The Morgan fingerprint density at radius 2 is 1.79 bits per heavy atom. The van der Waals surface area contributed by atoms with Crippen molar-refractivity contribution in [1.82, 2.24) is 15.1 Å². The highest BCUT2D eigenvalue weighted by Crippen LogP contribution is 2.15. The zero-order valence-electron chi connectivity index (χ0n) is 17.3. The zero-order chi connectivity index (χ0) is 20.5. The minimum Gasteiger partial charge on any atom is -0.489 e. The second-order valence-corrected chi connectivity index (χ2v) is 6.76. The van der Waals surface area contributed by atoms with Crippen molar-refractivity contribution in [2.45, 2.75) is 13.1 Å². The molecule has 5 nitrogen and oxygen atoms in total. The molecule has 0 aliphatic rings. The number of nitrogens with zero attached hydrogens (tertiary/aromatic N) is 3. The van der Waals surface area contributed by atoms with Gasteiger partial charge in [-0.1, -0.05) is 18.2 Å². The number of halogens is 3. The summed E-state index contributed by atoms with van der Waals surface area (Å²) in [5, 5.41) is 3.26. The SMILES string of the molecule is CN=C(NCc1ccc(F)c(CN(C)C)c1)N(C)CCOc1ccccc1F.I. The third-order valence-corrected chi connectivity index (χ3v) is 4.14. The number of para-hydroxylation sites is 1. The summed E-state index contributed by atoms with van der Waals surface area (Å²) >= 11 is 0. The molecule has 0 aromatic heterocycles. The molecule has 0 bridgehead atoms.